The first kappa shape index (κ1) is 46.4. The summed E-state index contributed by atoms with van der Waals surface area (Å²) in [5.74, 6) is 1.84. The first-order valence-corrected chi connectivity index (χ1v) is 22.3. The van der Waals surface area contributed by atoms with Crippen LogP contribution in [0.5, 0.6) is 17.2 Å². The van der Waals surface area contributed by atoms with Crippen molar-refractivity contribution < 1.29 is 33.1 Å². The van der Waals surface area contributed by atoms with Crippen LogP contribution in [-0.2, 0) is 10.8 Å². The Morgan fingerprint density at radius 2 is 1.09 bits per heavy atom. The molecule has 2 aliphatic rings. The molecule has 0 saturated carbocycles. The van der Waals surface area contributed by atoms with Crippen molar-refractivity contribution in [2.75, 3.05) is 9.80 Å². The van der Waals surface area contributed by atoms with Gasteiger partial charge in [0.25, 0.3) is 23.6 Å². The number of imide groups is 2. The van der Waals surface area contributed by atoms with E-state index in [4.69, 9.17) is 13.9 Å². The van der Waals surface area contributed by atoms with Gasteiger partial charge in [0, 0.05) is 5.41 Å². The van der Waals surface area contributed by atoms with Crippen molar-refractivity contribution >= 4 is 46.1 Å². The number of amides is 4. The SMILES string of the molecule is C=C(C)Oc1cccc(-c2ccc3nc(C(C)(C)CC)oc3c2)c1.CC.CCC(C)(C)c1ccc2c(c1)C(=O)N(c1ccc(Oc3ccc(N4C(=O)c5ccccc5C4=O)cc3)cc1)C2=O. The van der Waals surface area contributed by atoms with Crippen molar-refractivity contribution in [3.8, 4) is 28.4 Å². The lowest BCUT2D eigenvalue weighted by Gasteiger charge is -2.23. The summed E-state index contributed by atoms with van der Waals surface area (Å²) in [7, 11) is 0. The molecule has 0 radical (unpaired) electrons. The smallest absolute Gasteiger partial charge is 0.266 e. The molecule has 0 N–H and O–H groups in total. The molecule has 336 valence electrons. The molecule has 0 bridgehead atoms. The maximum atomic E-state index is 13.2. The topological polar surface area (TPSA) is 119 Å². The van der Waals surface area contributed by atoms with Crippen molar-refractivity contribution in [1.29, 1.82) is 0 Å². The third kappa shape index (κ3) is 9.17. The van der Waals surface area contributed by atoms with Crippen molar-refractivity contribution in [1.82, 2.24) is 4.98 Å². The van der Waals surface area contributed by atoms with Crippen LogP contribution in [0.4, 0.5) is 11.4 Å². The minimum Gasteiger partial charge on any atom is -0.463 e. The lowest BCUT2D eigenvalue weighted by Crippen LogP contribution is -2.29. The molecule has 66 heavy (non-hydrogen) atoms. The molecule has 10 heteroatoms. The summed E-state index contributed by atoms with van der Waals surface area (Å²) in [6, 6.07) is 39.7. The Morgan fingerprint density at radius 3 is 1.62 bits per heavy atom. The van der Waals surface area contributed by atoms with Crippen molar-refractivity contribution in [3.05, 3.63) is 180 Å². The van der Waals surface area contributed by atoms with E-state index in [2.05, 4.69) is 65.2 Å². The number of rotatable bonds is 11. The van der Waals surface area contributed by atoms with Crippen LogP contribution in [0.15, 0.2) is 150 Å². The van der Waals surface area contributed by atoms with Gasteiger partial charge in [-0.2, -0.15) is 0 Å². The summed E-state index contributed by atoms with van der Waals surface area (Å²) in [5.41, 5.74) is 7.21. The van der Waals surface area contributed by atoms with Crippen LogP contribution < -0.4 is 19.3 Å². The standard InChI is InChI=1S/C33H26N2O5.C21H23NO2.C2H6/c1-4-33(2,3)20-9-18-27-28(19-20)32(39)35(31(27)38)22-12-16-24(17-13-22)40-23-14-10-21(11-15-23)34-29(36)25-7-5-6-8-26(25)30(34)37;1-6-21(4,5)20-22-18-11-10-16(13-19(18)24-20)15-8-7-9-17(12-15)23-14(2)3;1-2/h5-19H,4H2,1-3H3;7-13H,2,6H2,1,3-5H3;1-2H3. The Labute approximate surface area is 386 Å². The van der Waals surface area contributed by atoms with Crippen LogP contribution in [-0.4, -0.2) is 28.6 Å². The van der Waals surface area contributed by atoms with Gasteiger partial charge in [-0.15, -0.1) is 0 Å². The summed E-state index contributed by atoms with van der Waals surface area (Å²) in [4.78, 5) is 58.8. The van der Waals surface area contributed by atoms with Crippen molar-refractivity contribution in [2.45, 2.75) is 86.0 Å². The second-order valence-corrected chi connectivity index (χ2v) is 17.3. The highest BCUT2D eigenvalue weighted by Gasteiger charge is 2.38. The van der Waals surface area contributed by atoms with E-state index in [0.29, 0.717) is 50.9 Å². The van der Waals surface area contributed by atoms with E-state index in [1.54, 1.807) is 78.9 Å². The molecule has 0 atom stereocenters. The molecule has 0 fully saturated rings. The third-order valence-electron chi connectivity index (χ3n) is 12.1. The molecule has 3 heterocycles. The van der Waals surface area contributed by atoms with E-state index < -0.39 is 0 Å². The summed E-state index contributed by atoms with van der Waals surface area (Å²) >= 11 is 0. The number of ether oxygens (including phenoxy) is 2. The third-order valence-corrected chi connectivity index (χ3v) is 12.1. The van der Waals surface area contributed by atoms with Gasteiger partial charge in [-0.05, 0) is 139 Å². The molecule has 9 rings (SSSR count). The number of oxazole rings is 1. The van der Waals surface area contributed by atoms with Gasteiger partial charge in [0.05, 0.1) is 39.4 Å². The number of fused-ring (bicyclic) bond motifs is 3. The van der Waals surface area contributed by atoms with Gasteiger partial charge in [0.1, 0.15) is 22.8 Å². The fraction of sp³-hybridized carbons (Fsp3) is 0.232. The Kier molecular flexibility index (Phi) is 13.3. The number of hydrogen-bond acceptors (Lipinski definition) is 8. The zero-order valence-electron chi connectivity index (χ0n) is 39.0. The molecule has 0 aliphatic carbocycles. The number of aromatic nitrogens is 1. The number of anilines is 2. The summed E-state index contributed by atoms with van der Waals surface area (Å²) < 4.78 is 17.6. The zero-order valence-corrected chi connectivity index (χ0v) is 39.0. The quantitative estimate of drug-likeness (QED) is 0.0930. The highest BCUT2D eigenvalue weighted by Crippen LogP contribution is 2.37. The van der Waals surface area contributed by atoms with E-state index in [0.717, 1.165) is 57.2 Å². The lowest BCUT2D eigenvalue weighted by atomic mass is 9.81. The number of benzene rings is 6. The molecule has 6 aromatic carbocycles. The van der Waals surface area contributed by atoms with Crippen LogP contribution >= 0.6 is 0 Å². The summed E-state index contributed by atoms with van der Waals surface area (Å²) in [6.45, 7) is 22.4. The van der Waals surface area contributed by atoms with E-state index in [1.165, 1.54) is 4.90 Å². The molecule has 4 amide bonds. The van der Waals surface area contributed by atoms with Gasteiger partial charge < -0.3 is 13.9 Å². The predicted molar refractivity (Wildman–Crippen MR) is 261 cm³/mol. The molecule has 0 unspecified atom stereocenters. The Hall–Kier alpha value is -7.59. The van der Waals surface area contributed by atoms with Gasteiger partial charge in [0.15, 0.2) is 5.58 Å². The fourth-order valence-corrected chi connectivity index (χ4v) is 7.47. The average Bonchev–Trinajstić information content (AvgIpc) is 3.96. The van der Waals surface area contributed by atoms with Gasteiger partial charge >= 0.3 is 0 Å². The molecule has 1 aromatic heterocycles. The van der Waals surface area contributed by atoms with Crippen LogP contribution in [0, 0.1) is 0 Å². The number of carbonyl (C=O) groups is 4. The average molecular weight is 882 g/mol. The van der Waals surface area contributed by atoms with E-state index in [9.17, 15) is 19.2 Å². The normalized spacial score (nSPS) is 13.2. The maximum Gasteiger partial charge on any atom is 0.266 e. The Morgan fingerprint density at radius 1 is 0.576 bits per heavy atom. The van der Waals surface area contributed by atoms with Gasteiger partial charge in [-0.1, -0.05) is 98.4 Å². The van der Waals surface area contributed by atoms with Gasteiger partial charge in [-0.25, -0.2) is 14.8 Å². The first-order chi connectivity index (χ1) is 31.6. The molecule has 0 saturated heterocycles. The number of nitrogens with zero attached hydrogens (tertiary/aromatic N) is 3. The monoisotopic (exact) mass is 881 g/mol. The van der Waals surface area contributed by atoms with Gasteiger partial charge in [-0.3, -0.25) is 19.2 Å². The Balaban J connectivity index is 0.000000213. The molecule has 0 spiro atoms. The maximum absolute atomic E-state index is 13.2. The largest absolute Gasteiger partial charge is 0.463 e. The highest BCUT2D eigenvalue weighted by molar-refractivity contribution is 6.35. The van der Waals surface area contributed by atoms with Gasteiger partial charge in [0.2, 0.25) is 5.89 Å². The molecular weight excluding hydrogens is 827 g/mol. The van der Waals surface area contributed by atoms with Crippen LogP contribution in [0.1, 0.15) is 128 Å². The van der Waals surface area contributed by atoms with Crippen molar-refractivity contribution in [2.24, 2.45) is 0 Å². The highest BCUT2D eigenvalue weighted by atomic mass is 16.5. The minimum atomic E-state index is -0.358. The predicted octanol–water partition coefficient (Wildman–Crippen LogP) is 13.9. The van der Waals surface area contributed by atoms with Crippen LogP contribution in [0.2, 0.25) is 0 Å². The van der Waals surface area contributed by atoms with E-state index in [1.807, 2.05) is 63.2 Å². The van der Waals surface area contributed by atoms with E-state index >= 15 is 0 Å². The Bertz CT molecular complexity index is 2940. The van der Waals surface area contributed by atoms with Crippen molar-refractivity contribution in [3.63, 3.8) is 0 Å². The molecule has 10 nitrogen and oxygen atoms in total. The number of hydrogen-bond donors (Lipinski definition) is 0. The molecule has 7 aromatic rings. The van der Waals surface area contributed by atoms with E-state index in [-0.39, 0.29) is 34.5 Å². The second-order valence-electron chi connectivity index (χ2n) is 17.3. The fourth-order valence-electron chi connectivity index (χ4n) is 7.47. The minimum absolute atomic E-state index is 0.0611. The summed E-state index contributed by atoms with van der Waals surface area (Å²) in [5, 5.41) is 0. The molecular formula is C56H55N3O7. The lowest BCUT2D eigenvalue weighted by molar-refractivity contribution is 0.0910. The summed E-state index contributed by atoms with van der Waals surface area (Å²) in [6.07, 6.45) is 1.89. The number of allylic oxidation sites excluding steroid dienone is 1. The van der Waals surface area contributed by atoms with Crippen LogP contribution in [0.25, 0.3) is 22.2 Å². The zero-order chi connectivity index (χ0) is 47.5. The van der Waals surface area contributed by atoms with Crippen LogP contribution in [0.3, 0.4) is 0 Å². The second kappa shape index (κ2) is 18.9. The number of carbonyl (C=O) groups excluding carboxylic acids is 4. The molecule has 2 aliphatic heterocycles. The first-order valence-electron chi connectivity index (χ1n) is 22.3.